The van der Waals surface area contributed by atoms with Gasteiger partial charge >= 0.3 is 0 Å². The zero-order chi connectivity index (χ0) is 48.5. The molecule has 0 bridgehead atoms. The third kappa shape index (κ3) is 55.2. The minimum Gasteiger partial charge on any atom is -0.394 e. The first-order valence-electron chi connectivity index (χ1n) is 30.4. The Morgan fingerprint density at radius 1 is 0.343 bits per heavy atom. The van der Waals surface area contributed by atoms with Gasteiger partial charge in [0.25, 0.3) is 0 Å². The fraction of sp³-hybridized carbons (Fsp3) is 0.857. The van der Waals surface area contributed by atoms with Gasteiger partial charge in [0, 0.05) is 6.42 Å². The standard InChI is InChI=1S/C63H119NO3/c1-3-5-7-9-11-13-15-17-19-21-22-23-24-25-26-27-28-29-30-31-32-33-34-35-36-37-38-39-40-41-42-43-45-47-49-51-53-55-57-59-63(67)64-61(60-65)62(66)58-56-54-52-50-48-46-44-20-18-16-14-12-10-8-6-4-2/h18,20-22,48,50,56,58,61-62,65-66H,3-17,19,23-47,49,51-55,57,59-60H2,1-2H3,(H,64,67)/b20-18+,22-21-,50-48+,58-56+. The maximum Gasteiger partial charge on any atom is 0.220 e. The predicted molar refractivity (Wildman–Crippen MR) is 299 cm³/mol. The second-order valence-corrected chi connectivity index (χ2v) is 20.7. The lowest BCUT2D eigenvalue weighted by Gasteiger charge is -2.19. The summed E-state index contributed by atoms with van der Waals surface area (Å²) in [6, 6.07) is -0.644. The lowest BCUT2D eigenvalue weighted by Crippen LogP contribution is -2.45. The van der Waals surface area contributed by atoms with Crippen molar-refractivity contribution < 1.29 is 15.0 Å². The molecule has 67 heavy (non-hydrogen) atoms. The molecule has 0 heterocycles. The van der Waals surface area contributed by atoms with Gasteiger partial charge in [-0.15, -0.1) is 0 Å². The molecule has 0 saturated carbocycles. The molecule has 0 aromatic rings. The summed E-state index contributed by atoms with van der Waals surface area (Å²) in [6.07, 6.45) is 81.7. The third-order valence-corrected chi connectivity index (χ3v) is 14.0. The van der Waals surface area contributed by atoms with Gasteiger partial charge in [-0.25, -0.2) is 0 Å². The van der Waals surface area contributed by atoms with Crippen molar-refractivity contribution in [3.05, 3.63) is 48.6 Å². The first kappa shape index (κ1) is 65.3. The molecule has 2 atom stereocenters. The number of carbonyl (C=O) groups is 1. The Morgan fingerprint density at radius 2 is 0.582 bits per heavy atom. The third-order valence-electron chi connectivity index (χ3n) is 14.0. The number of aliphatic hydroxyl groups is 2. The highest BCUT2D eigenvalue weighted by Crippen LogP contribution is 2.17. The van der Waals surface area contributed by atoms with Crippen LogP contribution in [0.25, 0.3) is 0 Å². The molecule has 0 aromatic heterocycles. The molecule has 4 heteroatoms. The summed E-state index contributed by atoms with van der Waals surface area (Å²) >= 11 is 0. The van der Waals surface area contributed by atoms with Crippen LogP contribution in [0.1, 0.15) is 328 Å². The average molecular weight is 939 g/mol. The Morgan fingerprint density at radius 3 is 0.866 bits per heavy atom. The number of hydrogen-bond donors (Lipinski definition) is 3. The lowest BCUT2D eigenvalue weighted by atomic mass is 10.0. The van der Waals surface area contributed by atoms with Gasteiger partial charge < -0.3 is 15.5 Å². The molecular weight excluding hydrogens is 819 g/mol. The van der Waals surface area contributed by atoms with Crippen LogP contribution in [0.5, 0.6) is 0 Å². The highest BCUT2D eigenvalue weighted by Gasteiger charge is 2.18. The molecule has 0 aliphatic rings. The van der Waals surface area contributed by atoms with Crippen molar-refractivity contribution in [3.8, 4) is 0 Å². The summed E-state index contributed by atoms with van der Waals surface area (Å²) in [6.45, 7) is 4.30. The van der Waals surface area contributed by atoms with Gasteiger partial charge in [0.15, 0.2) is 0 Å². The summed E-state index contributed by atoms with van der Waals surface area (Å²) in [5.41, 5.74) is 0. The number of nitrogens with one attached hydrogen (secondary N) is 1. The molecule has 4 nitrogen and oxygen atoms in total. The number of unbranched alkanes of at least 4 members (excludes halogenated alkanes) is 43. The fourth-order valence-electron chi connectivity index (χ4n) is 9.39. The number of aliphatic hydroxyl groups excluding tert-OH is 2. The molecule has 0 aromatic carbocycles. The van der Waals surface area contributed by atoms with E-state index in [2.05, 4.69) is 55.6 Å². The molecule has 0 rings (SSSR count). The van der Waals surface area contributed by atoms with Crippen LogP contribution in [0, 0.1) is 0 Å². The van der Waals surface area contributed by atoms with Crippen molar-refractivity contribution in [2.45, 2.75) is 341 Å². The summed E-state index contributed by atoms with van der Waals surface area (Å²) in [4.78, 5) is 12.5. The molecule has 0 radical (unpaired) electrons. The molecule has 0 saturated heterocycles. The zero-order valence-corrected chi connectivity index (χ0v) is 45.4. The van der Waals surface area contributed by atoms with Crippen molar-refractivity contribution in [2.75, 3.05) is 6.61 Å². The molecule has 3 N–H and O–H groups in total. The summed E-state index contributed by atoms with van der Waals surface area (Å²) < 4.78 is 0. The van der Waals surface area contributed by atoms with E-state index in [1.807, 2.05) is 6.08 Å². The van der Waals surface area contributed by atoms with Crippen LogP contribution in [-0.2, 0) is 4.79 Å². The topological polar surface area (TPSA) is 69.6 Å². The van der Waals surface area contributed by atoms with Gasteiger partial charge in [0.05, 0.1) is 18.8 Å². The summed E-state index contributed by atoms with van der Waals surface area (Å²) in [5, 5.41) is 23.1. The van der Waals surface area contributed by atoms with Crippen molar-refractivity contribution in [1.82, 2.24) is 5.32 Å². The molecule has 0 aliphatic heterocycles. The quantitative estimate of drug-likeness (QED) is 0.0420. The van der Waals surface area contributed by atoms with E-state index >= 15 is 0 Å². The SMILES string of the molecule is CCCCCCCC/C=C/CC/C=C/CC/C=C/C(O)C(CO)NC(=O)CCCCCCCCCCCCCCCCCCCCCCCCCCCCC/C=C\CCCCCCCCCC. The van der Waals surface area contributed by atoms with Crippen LogP contribution in [-0.4, -0.2) is 34.9 Å². The smallest absolute Gasteiger partial charge is 0.220 e. The molecule has 1 amide bonds. The molecule has 0 aliphatic carbocycles. The molecule has 2 unspecified atom stereocenters. The number of amides is 1. The molecular formula is C63H119NO3. The molecule has 0 spiro atoms. The first-order valence-corrected chi connectivity index (χ1v) is 30.4. The van der Waals surface area contributed by atoms with E-state index < -0.39 is 12.1 Å². The van der Waals surface area contributed by atoms with Gasteiger partial charge in [-0.3, -0.25) is 4.79 Å². The maximum atomic E-state index is 12.5. The maximum absolute atomic E-state index is 12.5. The lowest BCUT2D eigenvalue weighted by molar-refractivity contribution is -0.123. The monoisotopic (exact) mass is 938 g/mol. The Hall–Kier alpha value is -1.65. The van der Waals surface area contributed by atoms with E-state index in [9.17, 15) is 15.0 Å². The fourth-order valence-corrected chi connectivity index (χ4v) is 9.39. The average Bonchev–Trinajstić information content (AvgIpc) is 3.33. The van der Waals surface area contributed by atoms with Crippen LogP contribution >= 0.6 is 0 Å². The van der Waals surface area contributed by atoms with Gasteiger partial charge in [-0.2, -0.15) is 0 Å². The van der Waals surface area contributed by atoms with Crippen LogP contribution in [0.15, 0.2) is 48.6 Å². The minimum absolute atomic E-state index is 0.0732. The van der Waals surface area contributed by atoms with Crippen LogP contribution < -0.4 is 5.32 Å². The van der Waals surface area contributed by atoms with Gasteiger partial charge in [0.2, 0.25) is 5.91 Å². The number of hydrogen-bond acceptors (Lipinski definition) is 3. The second-order valence-electron chi connectivity index (χ2n) is 20.7. The van der Waals surface area contributed by atoms with E-state index in [1.165, 1.54) is 270 Å². The zero-order valence-electron chi connectivity index (χ0n) is 45.4. The molecule has 0 fully saturated rings. The van der Waals surface area contributed by atoms with Crippen LogP contribution in [0.3, 0.4) is 0 Å². The summed E-state index contributed by atoms with van der Waals surface area (Å²) in [7, 11) is 0. The Bertz CT molecular complexity index is 1060. The van der Waals surface area contributed by atoms with E-state index in [0.717, 1.165) is 38.5 Å². The number of allylic oxidation sites excluding steroid dienone is 7. The number of rotatable bonds is 56. The van der Waals surface area contributed by atoms with E-state index in [4.69, 9.17) is 0 Å². The Kier molecular flexibility index (Phi) is 57.2. The van der Waals surface area contributed by atoms with Crippen molar-refractivity contribution in [1.29, 1.82) is 0 Å². The van der Waals surface area contributed by atoms with Gasteiger partial charge in [-0.05, 0) is 70.6 Å². The largest absolute Gasteiger partial charge is 0.394 e. The van der Waals surface area contributed by atoms with Crippen molar-refractivity contribution in [3.63, 3.8) is 0 Å². The summed E-state index contributed by atoms with van der Waals surface area (Å²) in [5.74, 6) is -0.0732. The van der Waals surface area contributed by atoms with Crippen LogP contribution in [0.2, 0.25) is 0 Å². The number of carbonyl (C=O) groups excluding carboxylic acids is 1. The second kappa shape index (κ2) is 58.7. The molecule has 394 valence electrons. The predicted octanol–water partition coefficient (Wildman–Crippen LogP) is 20.2. The van der Waals surface area contributed by atoms with E-state index in [0.29, 0.717) is 6.42 Å². The first-order chi connectivity index (χ1) is 33.2. The van der Waals surface area contributed by atoms with Crippen LogP contribution in [0.4, 0.5) is 0 Å². The van der Waals surface area contributed by atoms with E-state index in [1.54, 1.807) is 6.08 Å². The highest BCUT2D eigenvalue weighted by atomic mass is 16.3. The Labute approximate surface area is 420 Å². The van der Waals surface area contributed by atoms with Crippen molar-refractivity contribution in [2.24, 2.45) is 0 Å². The normalized spacial score (nSPS) is 13.1. The van der Waals surface area contributed by atoms with Crippen molar-refractivity contribution >= 4 is 5.91 Å². The van der Waals surface area contributed by atoms with E-state index in [-0.39, 0.29) is 12.5 Å². The Balaban J connectivity index is 3.41. The highest BCUT2D eigenvalue weighted by molar-refractivity contribution is 5.76. The minimum atomic E-state index is -0.869. The van der Waals surface area contributed by atoms with Gasteiger partial charge in [-0.1, -0.05) is 300 Å². The van der Waals surface area contributed by atoms with Gasteiger partial charge in [0.1, 0.15) is 0 Å².